The Kier molecular flexibility index (Phi) is 5.62. The molecule has 0 heterocycles. The van der Waals surface area contributed by atoms with Crippen molar-refractivity contribution in [1.82, 2.24) is 5.32 Å². The second-order valence-corrected chi connectivity index (χ2v) is 6.39. The van der Waals surface area contributed by atoms with Gasteiger partial charge in [-0.1, -0.05) is 31.2 Å². The average Bonchev–Trinajstić information content (AvgIpc) is 2.48. The fourth-order valence-corrected chi connectivity index (χ4v) is 3.05. The molecule has 2 rings (SSSR count). The van der Waals surface area contributed by atoms with Crippen LogP contribution < -0.4 is 5.32 Å². The molecule has 0 bridgehead atoms. The van der Waals surface area contributed by atoms with Crippen molar-refractivity contribution in [2.45, 2.75) is 26.3 Å². The zero-order valence-electron chi connectivity index (χ0n) is 12.4. The molecule has 0 aliphatic heterocycles. The monoisotopic (exact) mass is 305 g/mol. The summed E-state index contributed by atoms with van der Waals surface area (Å²) < 4.78 is 13.8. The van der Waals surface area contributed by atoms with Gasteiger partial charge in [-0.25, -0.2) is 4.39 Å². The highest BCUT2D eigenvalue weighted by molar-refractivity contribution is 7.99. The van der Waals surface area contributed by atoms with Gasteiger partial charge < -0.3 is 5.32 Å². The molecule has 1 amide bonds. The molecule has 1 atom stereocenters. The molecule has 1 N–H and O–H groups in total. The van der Waals surface area contributed by atoms with E-state index in [4.69, 9.17) is 0 Å². The summed E-state index contributed by atoms with van der Waals surface area (Å²) in [5.74, 6) is 1.68. The van der Waals surface area contributed by atoms with Gasteiger partial charge in [-0.15, -0.1) is 0 Å². The Hall–Kier alpha value is -1.55. The topological polar surface area (TPSA) is 29.1 Å². The zero-order valence-corrected chi connectivity index (χ0v) is 13.2. The van der Waals surface area contributed by atoms with Gasteiger partial charge in [-0.2, -0.15) is 11.8 Å². The van der Waals surface area contributed by atoms with Crippen molar-refractivity contribution in [1.29, 1.82) is 0 Å². The van der Waals surface area contributed by atoms with E-state index in [0.717, 1.165) is 17.9 Å². The molecule has 0 saturated carbocycles. The van der Waals surface area contributed by atoms with Crippen LogP contribution in [0.15, 0.2) is 36.4 Å². The first kappa shape index (κ1) is 15.8. The molecule has 2 aromatic carbocycles. The molecule has 0 aliphatic rings. The second-order valence-electron chi connectivity index (χ2n) is 5.00. The summed E-state index contributed by atoms with van der Waals surface area (Å²) >= 11 is 1.86. The van der Waals surface area contributed by atoms with E-state index in [1.54, 1.807) is 24.3 Å². The number of thioether (sulfide) groups is 1. The Morgan fingerprint density at radius 2 is 1.95 bits per heavy atom. The fraction of sp³-hybridized carbons (Fsp3) is 0.353. The lowest BCUT2D eigenvalue weighted by Crippen LogP contribution is -2.33. The van der Waals surface area contributed by atoms with Crippen LogP contribution in [0.4, 0.5) is 4.39 Å². The van der Waals surface area contributed by atoms with Gasteiger partial charge in [0, 0.05) is 17.0 Å². The zero-order chi connectivity index (χ0) is 15.2. The summed E-state index contributed by atoms with van der Waals surface area (Å²) in [6, 6.07) is 10.1. The maximum absolute atomic E-state index is 13.8. The summed E-state index contributed by atoms with van der Waals surface area (Å²) in [6.07, 6.45) is 0.934. The number of hydrogen-bond acceptors (Lipinski definition) is 2. The van der Waals surface area contributed by atoms with E-state index >= 15 is 0 Å². The van der Waals surface area contributed by atoms with E-state index in [0.29, 0.717) is 16.3 Å². The number of amides is 1. The molecule has 2 aromatic rings. The summed E-state index contributed by atoms with van der Waals surface area (Å²) in [6.45, 7) is 4.12. The molecule has 0 fully saturated rings. The van der Waals surface area contributed by atoms with Crippen LogP contribution in [-0.2, 0) is 0 Å². The highest BCUT2D eigenvalue weighted by Crippen LogP contribution is 2.22. The smallest absolute Gasteiger partial charge is 0.252 e. The lowest BCUT2D eigenvalue weighted by Gasteiger charge is -2.14. The van der Waals surface area contributed by atoms with Gasteiger partial charge in [0.2, 0.25) is 0 Å². The van der Waals surface area contributed by atoms with Crippen LogP contribution in [0.1, 0.15) is 30.6 Å². The highest BCUT2D eigenvalue weighted by Gasteiger charge is 2.14. The largest absolute Gasteiger partial charge is 0.350 e. The average molecular weight is 305 g/mol. The molecular formula is C17H20FNOS. The lowest BCUT2D eigenvalue weighted by atomic mass is 10.0. The standard InChI is InChI=1S/C17H20FNOS/c1-3-21-11-10-12(2)19-17(20)15-8-9-16(18)14-7-5-4-6-13(14)15/h4-9,12H,3,10-11H2,1-2H3,(H,19,20). The Morgan fingerprint density at radius 1 is 1.24 bits per heavy atom. The normalized spacial score (nSPS) is 12.3. The molecule has 21 heavy (non-hydrogen) atoms. The molecule has 0 spiro atoms. The van der Waals surface area contributed by atoms with Gasteiger partial charge in [0.1, 0.15) is 5.82 Å². The van der Waals surface area contributed by atoms with Crippen molar-refractivity contribution >= 4 is 28.4 Å². The number of fused-ring (bicyclic) bond motifs is 1. The first-order valence-corrected chi connectivity index (χ1v) is 8.34. The van der Waals surface area contributed by atoms with Crippen LogP contribution in [0.5, 0.6) is 0 Å². The first-order valence-electron chi connectivity index (χ1n) is 7.19. The predicted molar refractivity (Wildman–Crippen MR) is 88.5 cm³/mol. The van der Waals surface area contributed by atoms with Crippen LogP contribution in [0, 0.1) is 5.82 Å². The Bertz CT molecular complexity index is 629. The van der Waals surface area contributed by atoms with Crippen LogP contribution in [-0.4, -0.2) is 23.5 Å². The lowest BCUT2D eigenvalue weighted by molar-refractivity contribution is 0.0941. The molecule has 0 aromatic heterocycles. The Morgan fingerprint density at radius 3 is 2.67 bits per heavy atom. The number of nitrogens with one attached hydrogen (secondary N) is 1. The van der Waals surface area contributed by atoms with Crippen molar-refractivity contribution in [3.05, 3.63) is 47.8 Å². The molecular weight excluding hydrogens is 285 g/mol. The van der Waals surface area contributed by atoms with E-state index < -0.39 is 0 Å². The van der Waals surface area contributed by atoms with Crippen molar-refractivity contribution < 1.29 is 9.18 Å². The molecule has 0 aliphatic carbocycles. The Balaban J connectivity index is 2.15. The summed E-state index contributed by atoms with van der Waals surface area (Å²) in [4.78, 5) is 12.4. The van der Waals surface area contributed by atoms with Gasteiger partial charge in [0.15, 0.2) is 0 Å². The summed E-state index contributed by atoms with van der Waals surface area (Å²) in [5, 5.41) is 4.13. The van der Waals surface area contributed by atoms with Crippen molar-refractivity contribution in [3.8, 4) is 0 Å². The molecule has 112 valence electrons. The number of carbonyl (C=O) groups excluding carboxylic acids is 1. The molecule has 0 saturated heterocycles. The van der Waals surface area contributed by atoms with Crippen molar-refractivity contribution in [2.24, 2.45) is 0 Å². The third kappa shape index (κ3) is 3.97. The maximum Gasteiger partial charge on any atom is 0.252 e. The minimum atomic E-state index is -0.297. The minimum Gasteiger partial charge on any atom is -0.350 e. The number of halogens is 1. The molecule has 1 unspecified atom stereocenters. The van der Waals surface area contributed by atoms with E-state index in [1.807, 2.05) is 24.8 Å². The third-order valence-corrected chi connectivity index (χ3v) is 4.32. The number of hydrogen-bond donors (Lipinski definition) is 1. The van der Waals surface area contributed by atoms with Crippen molar-refractivity contribution in [2.75, 3.05) is 11.5 Å². The van der Waals surface area contributed by atoms with E-state index in [-0.39, 0.29) is 17.8 Å². The number of benzene rings is 2. The number of rotatable bonds is 6. The predicted octanol–water partition coefficient (Wildman–Crippen LogP) is 4.24. The Labute approximate surface area is 129 Å². The minimum absolute atomic E-state index is 0.111. The molecule has 4 heteroatoms. The van der Waals surface area contributed by atoms with Gasteiger partial charge in [-0.3, -0.25) is 4.79 Å². The van der Waals surface area contributed by atoms with Crippen LogP contribution >= 0.6 is 11.8 Å². The highest BCUT2D eigenvalue weighted by atomic mass is 32.2. The first-order chi connectivity index (χ1) is 10.1. The van der Waals surface area contributed by atoms with Crippen molar-refractivity contribution in [3.63, 3.8) is 0 Å². The third-order valence-electron chi connectivity index (χ3n) is 3.39. The summed E-state index contributed by atoms with van der Waals surface area (Å²) in [7, 11) is 0. The van der Waals surface area contributed by atoms with Gasteiger partial charge >= 0.3 is 0 Å². The molecule has 0 radical (unpaired) electrons. The number of carbonyl (C=O) groups is 1. The quantitative estimate of drug-likeness (QED) is 0.809. The van der Waals surface area contributed by atoms with Gasteiger partial charge in [0.25, 0.3) is 5.91 Å². The fourth-order valence-electron chi connectivity index (χ4n) is 2.24. The van der Waals surface area contributed by atoms with E-state index in [1.165, 1.54) is 6.07 Å². The van der Waals surface area contributed by atoms with Gasteiger partial charge in [-0.05, 0) is 42.4 Å². The SMILES string of the molecule is CCSCCC(C)NC(=O)c1ccc(F)c2ccccc12. The van der Waals surface area contributed by atoms with Crippen LogP contribution in [0.2, 0.25) is 0 Å². The maximum atomic E-state index is 13.8. The van der Waals surface area contributed by atoms with Crippen LogP contribution in [0.3, 0.4) is 0 Å². The van der Waals surface area contributed by atoms with E-state index in [2.05, 4.69) is 12.2 Å². The second kappa shape index (κ2) is 7.46. The molecule has 2 nitrogen and oxygen atoms in total. The van der Waals surface area contributed by atoms with E-state index in [9.17, 15) is 9.18 Å². The van der Waals surface area contributed by atoms with Gasteiger partial charge in [0.05, 0.1) is 0 Å². The van der Waals surface area contributed by atoms with Crippen LogP contribution in [0.25, 0.3) is 10.8 Å². The summed E-state index contributed by atoms with van der Waals surface area (Å²) in [5.41, 5.74) is 0.530.